The summed E-state index contributed by atoms with van der Waals surface area (Å²) >= 11 is 0. The van der Waals surface area contributed by atoms with E-state index in [-0.39, 0.29) is 12.1 Å². The molecule has 0 aliphatic carbocycles. The lowest BCUT2D eigenvalue weighted by Gasteiger charge is -2.16. The minimum atomic E-state index is 0.271. The first-order valence-electron chi connectivity index (χ1n) is 7.38. The molecule has 1 heterocycles. The van der Waals surface area contributed by atoms with Gasteiger partial charge in [-0.2, -0.15) is 0 Å². The molecule has 21 heavy (non-hydrogen) atoms. The molecule has 0 spiro atoms. The summed E-state index contributed by atoms with van der Waals surface area (Å²) in [7, 11) is 0. The molecule has 3 aromatic rings. The van der Waals surface area contributed by atoms with Gasteiger partial charge in [0.15, 0.2) is 0 Å². The predicted molar refractivity (Wildman–Crippen MR) is 86.1 cm³/mol. The van der Waals surface area contributed by atoms with E-state index in [0.29, 0.717) is 0 Å². The van der Waals surface area contributed by atoms with Crippen LogP contribution in [0.5, 0.6) is 0 Å². The van der Waals surface area contributed by atoms with Gasteiger partial charge in [-0.05, 0) is 22.3 Å². The lowest BCUT2D eigenvalue weighted by atomic mass is 9.95. The largest absolute Gasteiger partial charge is 0.295 e. The molecule has 1 aliphatic rings. The number of hydrogen-bond donors (Lipinski definition) is 1. The molecule has 3 aromatic carbocycles. The van der Waals surface area contributed by atoms with Crippen LogP contribution in [0.1, 0.15) is 34.3 Å². The van der Waals surface area contributed by atoms with Crippen molar-refractivity contribution in [1.29, 1.82) is 0 Å². The molecular formula is C20H17N. The third-order valence-electron chi connectivity index (χ3n) is 4.22. The van der Waals surface area contributed by atoms with Gasteiger partial charge in [0, 0.05) is 0 Å². The molecule has 102 valence electrons. The molecule has 0 fully saturated rings. The minimum absolute atomic E-state index is 0.271. The maximum Gasteiger partial charge on any atom is 0.0587 e. The molecule has 1 nitrogen and oxygen atoms in total. The van der Waals surface area contributed by atoms with Crippen LogP contribution in [0.15, 0.2) is 84.9 Å². The molecule has 0 saturated carbocycles. The summed E-state index contributed by atoms with van der Waals surface area (Å²) in [5.74, 6) is 0. The fourth-order valence-electron chi connectivity index (χ4n) is 3.23. The van der Waals surface area contributed by atoms with Gasteiger partial charge in [0.2, 0.25) is 0 Å². The number of benzene rings is 3. The van der Waals surface area contributed by atoms with Crippen molar-refractivity contribution in [1.82, 2.24) is 5.32 Å². The van der Waals surface area contributed by atoms with E-state index in [0.717, 1.165) is 0 Å². The Morgan fingerprint density at radius 1 is 0.476 bits per heavy atom. The first kappa shape index (κ1) is 12.4. The quantitative estimate of drug-likeness (QED) is 0.725. The van der Waals surface area contributed by atoms with Crippen LogP contribution in [-0.4, -0.2) is 0 Å². The standard InChI is InChI=1S/C20H17N/c1-3-9-15(10-4-1)19-17-13-7-8-14-18(17)20(21-19)16-11-5-2-6-12-16/h1-14,19-21H/t19-,20-/m0/s1. The number of fused-ring (bicyclic) bond motifs is 1. The van der Waals surface area contributed by atoms with Gasteiger partial charge in [0.05, 0.1) is 12.1 Å². The predicted octanol–water partition coefficient (Wildman–Crippen LogP) is 4.47. The van der Waals surface area contributed by atoms with Crippen LogP contribution in [0.2, 0.25) is 0 Å². The Morgan fingerprint density at radius 2 is 0.857 bits per heavy atom. The van der Waals surface area contributed by atoms with E-state index in [4.69, 9.17) is 0 Å². The minimum Gasteiger partial charge on any atom is -0.295 e. The Kier molecular flexibility index (Phi) is 3.06. The van der Waals surface area contributed by atoms with Crippen LogP contribution in [0.25, 0.3) is 0 Å². The van der Waals surface area contributed by atoms with Crippen LogP contribution in [-0.2, 0) is 0 Å². The lowest BCUT2D eigenvalue weighted by Crippen LogP contribution is -2.19. The van der Waals surface area contributed by atoms with E-state index < -0.39 is 0 Å². The second-order valence-electron chi connectivity index (χ2n) is 5.48. The van der Waals surface area contributed by atoms with Crippen molar-refractivity contribution in [3.63, 3.8) is 0 Å². The van der Waals surface area contributed by atoms with Crippen molar-refractivity contribution in [2.75, 3.05) is 0 Å². The van der Waals surface area contributed by atoms with Crippen molar-refractivity contribution in [3.8, 4) is 0 Å². The molecule has 0 saturated heterocycles. The monoisotopic (exact) mass is 271 g/mol. The maximum atomic E-state index is 3.79. The summed E-state index contributed by atoms with van der Waals surface area (Å²) in [6, 6.07) is 30.6. The second-order valence-corrected chi connectivity index (χ2v) is 5.48. The molecule has 0 amide bonds. The lowest BCUT2D eigenvalue weighted by molar-refractivity contribution is 0.601. The fourth-order valence-corrected chi connectivity index (χ4v) is 3.23. The number of nitrogens with one attached hydrogen (secondary N) is 1. The van der Waals surface area contributed by atoms with Gasteiger partial charge in [-0.15, -0.1) is 0 Å². The Hall–Kier alpha value is -2.38. The first-order chi connectivity index (χ1) is 10.4. The smallest absolute Gasteiger partial charge is 0.0587 e. The zero-order valence-electron chi connectivity index (χ0n) is 11.7. The molecule has 0 unspecified atom stereocenters. The molecule has 1 aliphatic heterocycles. The normalized spacial score (nSPS) is 20.2. The van der Waals surface area contributed by atoms with Crippen LogP contribution < -0.4 is 5.32 Å². The van der Waals surface area contributed by atoms with Crippen LogP contribution in [0.3, 0.4) is 0 Å². The number of rotatable bonds is 2. The van der Waals surface area contributed by atoms with E-state index >= 15 is 0 Å². The second kappa shape index (κ2) is 5.19. The van der Waals surface area contributed by atoms with E-state index in [1.54, 1.807) is 0 Å². The Labute approximate surface area is 125 Å². The van der Waals surface area contributed by atoms with Crippen molar-refractivity contribution < 1.29 is 0 Å². The zero-order chi connectivity index (χ0) is 14.1. The van der Waals surface area contributed by atoms with E-state index in [1.165, 1.54) is 22.3 Å². The summed E-state index contributed by atoms with van der Waals surface area (Å²) in [5.41, 5.74) is 5.42. The van der Waals surface area contributed by atoms with Crippen molar-refractivity contribution in [2.45, 2.75) is 12.1 Å². The van der Waals surface area contributed by atoms with Crippen molar-refractivity contribution >= 4 is 0 Å². The number of hydrogen-bond acceptors (Lipinski definition) is 1. The van der Waals surface area contributed by atoms with Crippen molar-refractivity contribution in [3.05, 3.63) is 107 Å². The Balaban J connectivity index is 1.81. The van der Waals surface area contributed by atoms with E-state index in [9.17, 15) is 0 Å². The first-order valence-corrected chi connectivity index (χ1v) is 7.38. The van der Waals surface area contributed by atoms with Gasteiger partial charge >= 0.3 is 0 Å². The average molecular weight is 271 g/mol. The summed E-state index contributed by atoms with van der Waals surface area (Å²) in [5, 5.41) is 3.79. The van der Waals surface area contributed by atoms with Crippen LogP contribution in [0, 0.1) is 0 Å². The third kappa shape index (κ3) is 2.16. The zero-order valence-corrected chi connectivity index (χ0v) is 11.7. The molecule has 1 heteroatoms. The highest BCUT2D eigenvalue weighted by Crippen LogP contribution is 2.39. The summed E-state index contributed by atoms with van der Waals surface area (Å²) in [6.07, 6.45) is 0. The van der Waals surface area contributed by atoms with Gasteiger partial charge in [-0.1, -0.05) is 84.9 Å². The van der Waals surface area contributed by atoms with Gasteiger partial charge in [0.1, 0.15) is 0 Å². The molecule has 4 rings (SSSR count). The van der Waals surface area contributed by atoms with Crippen LogP contribution in [0.4, 0.5) is 0 Å². The summed E-state index contributed by atoms with van der Waals surface area (Å²) in [6.45, 7) is 0. The molecule has 0 aromatic heterocycles. The van der Waals surface area contributed by atoms with E-state index in [1.807, 2.05) is 0 Å². The molecule has 0 bridgehead atoms. The Bertz CT molecular complexity index is 670. The third-order valence-corrected chi connectivity index (χ3v) is 4.22. The van der Waals surface area contributed by atoms with Gasteiger partial charge in [-0.25, -0.2) is 0 Å². The van der Waals surface area contributed by atoms with Crippen molar-refractivity contribution in [2.24, 2.45) is 0 Å². The van der Waals surface area contributed by atoms with Gasteiger partial charge in [-0.3, -0.25) is 5.32 Å². The highest BCUT2D eigenvalue weighted by atomic mass is 15.0. The summed E-state index contributed by atoms with van der Waals surface area (Å²) < 4.78 is 0. The van der Waals surface area contributed by atoms with Crippen LogP contribution >= 0.6 is 0 Å². The van der Waals surface area contributed by atoms with Gasteiger partial charge in [0.25, 0.3) is 0 Å². The molecule has 2 atom stereocenters. The summed E-state index contributed by atoms with van der Waals surface area (Å²) in [4.78, 5) is 0. The maximum absolute atomic E-state index is 3.79. The molecular weight excluding hydrogens is 254 g/mol. The van der Waals surface area contributed by atoms with Gasteiger partial charge < -0.3 is 0 Å². The highest BCUT2D eigenvalue weighted by molar-refractivity contribution is 5.47. The highest BCUT2D eigenvalue weighted by Gasteiger charge is 2.31. The average Bonchev–Trinajstić information content (AvgIpc) is 2.96. The molecule has 1 N–H and O–H groups in total. The topological polar surface area (TPSA) is 12.0 Å². The molecule has 0 radical (unpaired) electrons. The van der Waals surface area contributed by atoms with E-state index in [2.05, 4.69) is 90.2 Å². The SMILES string of the molecule is c1ccc([C@@H]2N[C@@H](c3ccccc3)c3ccccc32)cc1. The fraction of sp³-hybridized carbons (Fsp3) is 0.100. The Morgan fingerprint density at radius 3 is 1.29 bits per heavy atom.